The summed E-state index contributed by atoms with van der Waals surface area (Å²) in [6.45, 7) is 2.46. The van der Waals surface area contributed by atoms with Gasteiger partial charge in [-0.2, -0.15) is 0 Å². The summed E-state index contributed by atoms with van der Waals surface area (Å²) < 4.78 is 29.9. The molecular formula is C9H21ClN2O3S. The van der Waals surface area contributed by atoms with Crippen molar-refractivity contribution >= 4 is 22.4 Å². The van der Waals surface area contributed by atoms with Crippen molar-refractivity contribution in [2.45, 2.75) is 6.42 Å². The monoisotopic (exact) mass is 272 g/mol. The van der Waals surface area contributed by atoms with Crippen molar-refractivity contribution in [2.24, 2.45) is 5.92 Å². The molecule has 0 aromatic heterocycles. The molecule has 16 heavy (non-hydrogen) atoms. The smallest absolute Gasteiger partial charge is 0.216 e. The van der Waals surface area contributed by atoms with Gasteiger partial charge in [0.2, 0.25) is 10.0 Å². The lowest BCUT2D eigenvalue weighted by molar-refractivity contribution is 0.215. The zero-order valence-corrected chi connectivity index (χ0v) is 11.4. The summed E-state index contributed by atoms with van der Waals surface area (Å²) in [6, 6.07) is 0. The molecule has 1 rings (SSSR count). The first kappa shape index (κ1) is 16.1. The maximum atomic E-state index is 11.8. The summed E-state index contributed by atoms with van der Waals surface area (Å²) in [5.41, 5.74) is 0. The van der Waals surface area contributed by atoms with Crippen LogP contribution in [0.1, 0.15) is 6.42 Å². The number of rotatable bonds is 6. The summed E-state index contributed by atoms with van der Waals surface area (Å²) >= 11 is 0. The number of sulfonamides is 1. The van der Waals surface area contributed by atoms with Crippen LogP contribution < -0.4 is 5.32 Å². The first-order valence-electron chi connectivity index (χ1n) is 5.21. The fourth-order valence-corrected chi connectivity index (χ4v) is 3.28. The number of hydrogen-bond acceptors (Lipinski definition) is 4. The highest BCUT2D eigenvalue weighted by Gasteiger charge is 2.30. The number of hydrogen-bond donors (Lipinski definition) is 1. The highest BCUT2D eigenvalue weighted by atomic mass is 35.5. The lowest BCUT2D eigenvalue weighted by atomic mass is 10.1. The van der Waals surface area contributed by atoms with Gasteiger partial charge in [-0.15, -0.1) is 12.4 Å². The minimum absolute atomic E-state index is 0. The van der Waals surface area contributed by atoms with Gasteiger partial charge in [-0.25, -0.2) is 12.7 Å². The summed E-state index contributed by atoms with van der Waals surface area (Å²) in [5.74, 6) is 0.544. The maximum Gasteiger partial charge on any atom is 0.216 e. The molecule has 5 nitrogen and oxygen atoms in total. The zero-order chi connectivity index (χ0) is 11.3. The van der Waals surface area contributed by atoms with Crippen molar-refractivity contribution in [3.63, 3.8) is 0 Å². The van der Waals surface area contributed by atoms with E-state index in [1.807, 2.05) is 7.05 Å². The number of nitrogens with zero attached hydrogens (tertiary/aromatic N) is 1. The number of nitrogens with one attached hydrogen (secondary N) is 1. The number of halogens is 1. The first-order chi connectivity index (χ1) is 7.10. The Kier molecular flexibility index (Phi) is 7.50. The molecule has 1 unspecified atom stereocenters. The molecule has 1 fully saturated rings. The molecule has 0 aromatic carbocycles. The van der Waals surface area contributed by atoms with Crippen molar-refractivity contribution in [1.29, 1.82) is 0 Å². The number of methoxy groups -OCH3 is 1. The van der Waals surface area contributed by atoms with Gasteiger partial charge in [0.1, 0.15) is 0 Å². The standard InChI is InChI=1S/C9H20N2O3S.ClH/c1-10-7-9-3-4-11(8-9)15(12,13)6-5-14-2;/h9-10H,3-8H2,1-2H3;1H. The molecule has 1 saturated heterocycles. The molecule has 7 heteroatoms. The first-order valence-corrected chi connectivity index (χ1v) is 6.82. The van der Waals surface area contributed by atoms with Gasteiger partial charge in [-0.05, 0) is 25.9 Å². The average molecular weight is 273 g/mol. The van der Waals surface area contributed by atoms with E-state index in [1.54, 1.807) is 4.31 Å². The molecule has 0 aliphatic carbocycles. The summed E-state index contributed by atoms with van der Waals surface area (Å²) in [4.78, 5) is 0. The van der Waals surface area contributed by atoms with E-state index in [2.05, 4.69) is 5.32 Å². The number of ether oxygens (including phenoxy) is 1. The SMILES string of the molecule is CNCC1CCN(S(=O)(=O)CCOC)C1.Cl. The lowest BCUT2D eigenvalue weighted by Gasteiger charge is -2.16. The molecule has 0 amide bonds. The third-order valence-corrected chi connectivity index (χ3v) is 4.48. The molecular weight excluding hydrogens is 252 g/mol. The lowest BCUT2D eigenvalue weighted by Crippen LogP contribution is -2.33. The second-order valence-corrected chi connectivity index (χ2v) is 5.97. The van der Waals surface area contributed by atoms with E-state index < -0.39 is 10.0 Å². The van der Waals surface area contributed by atoms with Gasteiger partial charge in [0.25, 0.3) is 0 Å². The minimum Gasteiger partial charge on any atom is -0.384 e. The average Bonchev–Trinajstić information content (AvgIpc) is 2.65. The van der Waals surface area contributed by atoms with Crippen LogP contribution in [0.2, 0.25) is 0 Å². The fraction of sp³-hybridized carbons (Fsp3) is 1.00. The van der Waals surface area contributed by atoms with Gasteiger partial charge < -0.3 is 10.1 Å². The highest BCUT2D eigenvalue weighted by Crippen LogP contribution is 2.18. The van der Waals surface area contributed by atoms with E-state index in [0.717, 1.165) is 13.0 Å². The van der Waals surface area contributed by atoms with E-state index >= 15 is 0 Å². The van der Waals surface area contributed by atoms with Gasteiger partial charge in [0.05, 0.1) is 12.4 Å². The van der Waals surface area contributed by atoms with Crippen LogP contribution in [0.25, 0.3) is 0 Å². The largest absolute Gasteiger partial charge is 0.384 e. The fourth-order valence-electron chi connectivity index (χ4n) is 1.82. The van der Waals surface area contributed by atoms with E-state index in [0.29, 0.717) is 19.0 Å². The Morgan fingerprint density at radius 1 is 1.50 bits per heavy atom. The Bertz CT molecular complexity index is 284. The van der Waals surface area contributed by atoms with Crippen molar-refractivity contribution in [1.82, 2.24) is 9.62 Å². The van der Waals surface area contributed by atoms with Crippen LogP contribution in [0.5, 0.6) is 0 Å². The minimum atomic E-state index is -3.09. The van der Waals surface area contributed by atoms with E-state index in [1.165, 1.54) is 7.11 Å². The normalized spacial score (nSPS) is 22.0. The predicted molar refractivity (Wildman–Crippen MR) is 66.5 cm³/mol. The van der Waals surface area contributed by atoms with Crippen LogP contribution in [-0.4, -0.2) is 58.9 Å². The van der Waals surface area contributed by atoms with Gasteiger partial charge in [0.15, 0.2) is 0 Å². The Hall–Kier alpha value is 0.120. The predicted octanol–water partition coefficient (Wildman–Crippen LogP) is -0.0743. The third-order valence-electron chi connectivity index (χ3n) is 2.68. The van der Waals surface area contributed by atoms with E-state index in [9.17, 15) is 8.42 Å². The molecule has 98 valence electrons. The molecule has 0 spiro atoms. The van der Waals surface area contributed by atoms with Crippen LogP contribution in [0.4, 0.5) is 0 Å². The van der Waals surface area contributed by atoms with E-state index in [4.69, 9.17) is 4.74 Å². The molecule has 0 bridgehead atoms. The Morgan fingerprint density at radius 2 is 2.19 bits per heavy atom. The van der Waals surface area contributed by atoms with Crippen molar-refractivity contribution < 1.29 is 13.2 Å². The van der Waals surface area contributed by atoms with Crippen molar-refractivity contribution in [3.05, 3.63) is 0 Å². The summed E-state index contributed by atoms with van der Waals surface area (Å²) in [7, 11) is 0.315. The molecule has 1 aliphatic rings. The van der Waals surface area contributed by atoms with Gasteiger partial charge >= 0.3 is 0 Å². The van der Waals surface area contributed by atoms with Crippen LogP contribution in [0.3, 0.4) is 0 Å². The maximum absolute atomic E-state index is 11.8. The van der Waals surface area contributed by atoms with Crippen LogP contribution in [-0.2, 0) is 14.8 Å². The summed E-state index contributed by atoms with van der Waals surface area (Å²) in [6.07, 6.45) is 0.951. The molecule has 0 aromatic rings. The molecule has 1 N–H and O–H groups in total. The molecule has 0 saturated carbocycles. The van der Waals surface area contributed by atoms with Crippen molar-refractivity contribution in [3.8, 4) is 0 Å². The van der Waals surface area contributed by atoms with Gasteiger partial charge in [-0.3, -0.25) is 0 Å². The topological polar surface area (TPSA) is 58.6 Å². The quantitative estimate of drug-likeness (QED) is 0.735. The van der Waals surface area contributed by atoms with Crippen LogP contribution in [0.15, 0.2) is 0 Å². The van der Waals surface area contributed by atoms with Crippen LogP contribution >= 0.6 is 12.4 Å². The zero-order valence-electron chi connectivity index (χ0n) is 9.81. The van der Waals surface area contributed by atoms with Gasteiger partial charge in [-0.1, -0.05) is 0 Å². The van der Waals surface area contributed by atoms with Gasteiger partial charge in [0, 0.05) is 20.2 Å². The van der Waals surface area contributed by atoms with E-state index in [-0.39, 0.29) is 24.8 Å². The molecule has 1 atom stereocenters. The summed E-state index contributed by atoms with van der Waals surface area (Å²) in [5, 5.41) is 3.08. The highest BCUT2D eigenvalue weighted by molar-refractivity contribution is 7.89. The Morgan fingerprint density at radius 3 is 2.75 bits per heavy atom. The Labute approximate surface area is 104 Å². The molecule has 0 radical (unpaired) electrons. The Balaban J connectivity index is 0.00000225. The molecule has 1 heterocycles. The third kappa shape index (κ3) is 4.55. The van der Waals surface area contributed by atoms with Crippen molar-refractivity contribution in [2.75, 3.05) is 46.2 Å². The van der Waals surface area contributed by atoms with Crippen LogP contribution in [0, 0.1) is 5.92 Å². The molecule has 1 aliphatic heterocycles. The second-order valence-electron chi connectivity index (χ2n) is 3.88. The second kappa shape index (κ2) is 7.45.